The van der Waals surface area contributed by atoms with Crippen LogP contribution in [-0.4, -0.2) is 17.4 Å². The van der Waals surface area contributed by atoms with Crippen LogP contribution in [0.4, 0.5) is 4.39 Å². The predicted molar refractivity (Wildman–Crippen MR) is 75.7 cm³/mol. The summed E-state index contributed by atoms with van der Waals surface area (Å²) in [5.74, 6) is -0.248. The molecule has 1 heterocycles. The van der Waals surface area contributed by atoms with Gasteiger partial charge < -0.3 is 5.32 Å². The van der Waals surface area contributed by atoms with Crippen molar-refractivity contribution in [3.63, 3.8) is 0 Å². The Balaban J connectivity index is 1.69. The monoisotopic (exact) mass is 272 g/mol. The van der Waals surface area contributed by atoms with Crippen molar-refractivity contribution in [2.75, 3.05) is 6.54 Å². The maximum Gasteiger partial charge on any atom is 0.220 e. The topological polar surface area (TPSA) is 42.0 Å². The van der Waals surface area contributed by atoms with E-state index in [0.29, 0.717) is 31.4 Å². The molecule has 2 aromatic rings. The second-order valence-electron chi connectivity index (χ2n) is 4.55. The minimum atomic E-state index is -0.225. The number of halogens is 1. The fourth-order valence-corrected chi connectivity index (χ4v) is 1.93. The molecule has 3 nitrogen and oxygen atoms in total. The Kier molecular flexibility index (Phi) is 5.24. The molecule has 0 spiro atoms. The smallest absolute Gasteiger partial charge is 0.220 e. The zero-order valence-corrected chi connectivity index (χ0v) is 11.2. The predicted octanol–water partition coefficient (Wildman–Crippen LogP) is 2.51. The minimum Gasteiger partial charge on any atom is -0.356 e. The summed E-state index contributed by atoms with van der Waals surface area (Å²) >= 11 is 0. The van der Waals surface area contributed by atoms with Gasteiger partial charge in [-0.25, -0.2) is 4.39 Å². The van der Waals surface area contributed by atoms with E-state index in [4.69, 9.17) is 0 Å². The maximum atomic E-state index is 13.4. The number of carbonyl (C=O) groups excluding carboxylic acids is 1. The largest absolute Gasteiger partial charge is 0.356 e. The molecule has 1 amide bonds. The summed E-state index contributed by atoms with van der Waals surface area (Å²) in [6.45, 7) is 0.451. The molecular formula is C16H17FN2O. The van der Waals surface area contributed by atoms with Gasteiger partial charge >= 0.3 is 0 Å². The summed E-state index contributed by atoms with van der Waals surface area (Å²) < 4.78 is 13.4. The molecule has 20 heavy (non-hydrogen) atoms. The van der Waals surface area contributed by atoms with E-state index in [0.717, 1.165) is 5.56 Å². The fourth-order valence-electron chi connectivity index (χ4n) is 1.93. The van der Waals surface area contributed by atoms with Crippen LogP contribution in [0.25, 0.3) is 0 Å². The number of pyridine rings is 1. The van der Waals surface area contributed by atoms with Crippen molar-refractivity contribution in [2.45, 2.75) is 19.3 Å². The first-order valence-electron chi connectivity index (χ1n) is 6.65. The molecule has 0 fully saturated rings. The number of carbonyl (C=O) groups is 1. The Morgan fingerprint density at radius 1 is 1.15 bits per heavy atom. The van der Waals surface area contributed by atoms with E-state index < -0.39 is 0 Å². The lowest BCUT2D eigenvalue weighted by molar-refractivity contribution is -0.121. The van der Waals surface area contributed by atoms with Crippen LogP contribution in [0.2, 0.25) is 0 Å². The van der Waals surface area contributed by atoms with Gasteiger partial charge in [0.1, 0.15) is 5.82 Å². The highest BCUT2D eigenvalue weighted by atomic mass is 19.1. The van der Waals surface area contributed by atoms with Gasteiger partial charge in [0.15, 0.2) is 0 Å². The Bertz CT molecular complexity index is 557. The first-order valence-corrected chi connectivity index (χ1v) is 6.65. The van der Waals surface area contributed by atoms with Crippen molar-refractivity contribution in [1.82, 2.24) is 10.3 Å². The van der Waals surface area contributed by atoms with Crippen molar-refractivity contribution in [1.29, 1.82) is 0 Å². The van der Waals surface area contributed by atoms with Gasteiger partial charge in [0.2, 0.25) is 5.91 Å². The summed E-state index contributed by atoms with van der Waals surface area (Å²) in [4.78, 5) is 15.7. The second kappa shape index (κ2) is 7.38. The highest BCUT2D eigenvalue weighted by Crippen LogP contribution is 2.06. The minimum absolute atomic E-state index is 0.0230. The molecule has 2 rings (SSSR count). The molecule has 0 unspecified atom stereocenters. The summed E-state index contributed by atoms with van der Waals surface area (Å²) in [5.41, 5.74) is 1.66. The summed E-state index contributed by atoms with van der Waals surface area (Å²) in [7, 11) is 0. The molecule has 0 saturated carbocycles. The Labute approximate surface area is 117 Å². The summed E-state index contributed by atoms with van der Waals surface area (Å²) in [5, 5.41) is 2.80. The van der Waals surface area contributed by atoms with Crippen molar-refractivity contribution >= 4 is 5.91 Å². The van der Waals surface area contributed by atoms with Gasteiger partial charge in [-0.2, -0.15) is 0 Å². The molecule has 0 aliphatic carbocycles. The van der Waals surface area contributed by atoms with Crippen LogP contribution >= 0.6 is 0 Å². The van der Waals surface area contributed by atoms with Crippen LogP contribution in [0.15, 0.2) is 48.8 Å². The van der Waals surface area contributed by atoms with Crippen molar-refractivity contribution < 1.29 is 9.18 Å². The average molecular weight is 272 g/mol. The molecular weight excluding hydrogens is 255 g/mol. The highest BCUT2D eigenvalue weighted by molar-refractivity contribution is 5.76. The molecule has 1 aromatic heterocycles. The number of hydrogen-bond donors (Lipinski definition) is 1. The highest BCUT2D eigenvalue weighted by Gasteiger charge is 2.04. The van der Waals surface area contributed by atoms with E-state index in [2.05, 4.69) is 10.3 Å². The van der Waals surface area contributed by atoms with Crippen molar-refractivity contribution in [2.24, 2.45) is 0 Å². The quantitative estimate of drug-likeness (QED) is 0.878. The molecule has 4 heteroatoms. The average Bonchev–Trinajstić information content (AvgIpc) is 2.48. The normalized spacial score (nSPS) is 10.2. The van der Waals surface area contributed by atoms with Gasteiger partial charge in [0.05, 0.1) is 0 Å². The molecule has 0 aliphatic heterocycles. The molecule has 104 valence electrons. The SMILES string of the molecule is O=C(CCc1cccnc1)NCCc1ccccc1F. The van der Waals surface area contributed by atoms with E-state index in [9.17, 15) is 9.18 Å². The summed E-state index contributed by atoms with van der Waals surface area (Å²) in [6, 6.07) is 10.4. The summed E-state index contributed by atoms with van der Waals surface area (Å²) in [6.07, 6.45) is 5.05. The zero-order valence-electron chi connectivity index (χ0n) is 11.2. The van der Waals surface area contributed by atoms with Crippen LogP contribution < -0.4 is 5.32 Å². The lowest BCUT2D eigenvalue weighted by Crippen LogP contribution is -2.26. The molecule has 0 atom stereocenters. The number of aromatic nitrogens is 1. The van der Waals surface area contributed by atoms with Gasteiger partial charge in [0.25, 0.3) is 0 Å². The van der Waals surface area contributed by atoms with Gasteiger partial charge in [0, 0.05) is 25.4 Å². The fraction of sp³-hybridized carbons (Fsp3) is 0.250. The number of nitrogens with zero attached hydrogens (tertiary/aromatic N) is 1. The van der Waals surface area contributed by atoms with E-state index in [1.807, 2.05) is 12.1 Å². The van der Waals surface area contributed by atoms with Crippen LogP contribution in [0.3, 0.4) is 0 Å². The molecule has 1 N–H and O–H groups in total. The van der Waals surface area contributed by atoms with Crippen molar-refractivity contribution in [3.8, 4) is 0 Å². The first-order chi connectivity index (χ1) is 9.75. The maximum absolute atomic E-state index is 13.4. The third-order valence-corrected chi connectivity index (χ3v) is 3.04. The van der Waals surface area contributed by atoms with Gasteiger partial charge in [-0.15, -0.1) is 0 Å². The second-order valence-corrected chi connectivity index (χ2v) is 4.55. The first kappa shape index (κ1) is 14.2. The van der Waals surface area contributed by atoms with Crippen LogP contribution in [0.1, 0.15) is 17.5 Å². The van der Waals surface area contributed by atoms with E-state index in [-0.39, 0.29) is 11.7 Å². The standard InChI is InChI=1S/C16H17FN2O/c17-15-6-2-1-5-14(15)9-11-19-16(20)8-7-13-4-3-10-18-12-13/h1-6,10,12H,7-9,11H2,(H,19,20). The number of hydrogen-bond acceptors (Lipinski definition) is 2. The molecule has 1 aromatic carbocycles. The molecule has 0 radical (unpaired) electrons. The lowest BCUT2D eigenvalue weighted by atomic mass is 10.1. The Morgan fingerprint density at radius 2 is 2.00 bits per heavy atom. The Hall–Kier alpha value is -2.23. The van der Waals surface area contributed by atoms with E-state index in [1.54, 1.807) is 30.6 Å². The number of rotatable bonds is 6. The van der Waals surface area contributed by atoms with Crippen LogP contribution in [0.5, 0.6) is 0 Å². The van der Waals surface area contributed by atoms with Gasteiger partial charge in [-0.1, -0.05) is 24.3 Å². The van der Waals surface area contributed by atoms with Crippen molar-refractivity contribution in [3.05, 3.63) is 65.7 Å². The number of amides is 1. The number of nitrogens with one attached hydrogen (secondary N) is 1. The zero-order chi connectivity index (χ0) is 14.2. The van der Waals surface area contributed by atoms with E-state index >= 15 is 0 Å². The lowest BCUT2D eigenvalue weighted by Gasteiger charge is -2.06. The van der Waals surface area contributed by atoms with Gasteiger partial charge in [-0.05, 0) is 36.1 Å². The van der Waals surface area contributed by atoms with Gasteiger partial charge in [-0.3, -0.25) is 9.78 Å². The third-order valence-electron chi connectivity index (χ3n) is 3.04. The van der Waals surface area contributed by atoms with Crippen LogP contribution in [-0.2, 0) is 17.6 Å². The number of aryl methyl sites for hydroxylation is 1. The third kappa shape index (κ3) is 4.46. The molecule has 0 saturated heterocycles. The van der Waals surface area contributed by atoms with Crippen LogP contribution in [0, 0.1) is 5.82 Å². The molecule has 0 aliphatic rings. The Morgan fingerprint density at radius 3 is 2.75 bits per heavy atom. The van der Waals surface area contributed by atoms with E-state index in [1.165, 1.54) is 6.07 Å². The number of benzene rings is 1. The molecule has 0 bridgehead atoms.